The first kappa shape index (κ1) is 18.7. The third kappa shape index (κ3) is 4.76. The van der Waals surface area contributed by atoms with Crippen LogP contribution in [0.1, 0.15) is 26.3 Å². The number of nitro benzene ring substituents is 1. The first-order valence-electron chi connectivity index (χ1n) is 8.46. The minimum absolute atomic E-state index is 0.0771. The van der Waals surface area contributed by atoms with Crippen LogP contribution < -0.4 is 5.32 Å². The van der Waals surface area contributed by atoms with Crippen molar-refractivity contribution in [1.82, 2.24) is 0 Å². The normalized spacial score (nSPS) is 10.6. The van der Waals surface area contributed by atoms with E-state index < -0.39 is 4.92 Å². The van der Waals surface area contributed by atoms with Gasteiger partial charge >= 0.3 is 0 Å². The van der Waals surface area contributed by atoms with Gasteiger partial charge in [0.25, 0.3) is 11.6 Å². The van der Waals surface area contributed by atoms with E-state index in [4.69, 9.17) is 0 Å². The number of nitrogens with zero attached hydrogens (tertiary/aromatic N) is 1. The Morgan fingerprint density at radius 1 is 0.857 bits per heavy atom. The molecule has 0 radical (unpaired) electrons. The number of nitrogens with one attached hydrogen (secondary N) is 1. The minimum atomic E-state index is -0.520. The van der Waals surface area contributed by atoms with Crippen molar-refractivity contribution in [3.8, 4) is 0 Å². The van der Waals surface area contributed by atoms with Gasteiger partial charge in [0.15, 0.2) is 5.78 Å². The number of hydrogen-bond acceptors (Lipinski definition) is 4. The predicted molar refractivity (Wildman–Crippen MR) is 107 cm³/mol. The molecule has 0 aromatic heterocycles. The van der Waals surface area contributed by atoms with Crippen LogP contribution in [0.15, 0.2) is 84.9 Å². The second-order valence-electron chi connectivity index (χ2n) is 5.95. The van der Waals surface area contributed by atoms with Crippen molar-refractivity contribution in [3.05, 3.63) is 112 Å². The van der Waals surface area contributed by atoms with E-state index in [2.05, 4.69) is 5.32 Å². The summed E-state index contributed by atoms with van der Waals surface area (Å²) in [6.07, 6.45) is 3.16. The molecule has 0 aliphatic rings. The molecule has 6 nitrogen and oxygen atoms in total. The number of anilines is 1. The molecule has 0 aliphatic carbocycles. The van der Waals surface area contributed by atoms with Gasteiger partial charge in [-0.2, -0.15) is 0 Å². The number of benzene rings is 3. The summed E-state index contributed by atoms with van der Waals surface area (Å²) < 4.78 is 0. The van der Waals surface area contributed by atoms with E-state index in [0.29, 0.717) is 16.8 Å². The Kier molecular flexibility index (Phi) is 5.72. The van der Waals surface area contributed by atoms with Crippen molar-refractivity contribution < 1.29 is 14.5 Å². The van der Waals surface area contributed by atoms with Crippen LogP contribution in [-0.4, -0.2) is 16.6 Å². The molecule has 0 saturated heterocycles. The molecule has 0 aliphatic heterocycles. The first-order chi connectivity index (χ1) is 13.5. The van der Waals surface area contributed by atoms with Crippen LogP contribution in [0.3, 0.4) is 0 Å². The summed E-state index contributed by atoms with van der Waals surface area (Å²) in [5.41, 5.74) is 2.14. The van der Waals surface area contributed by atoms with Crippen LogP contribution in [0.5, 0.6) is 0 Å². The number of non-ortho nitro benzene ring substituents is 1. The largest absolute Gasteiger partial charge is 0.322 e. The minimum Gasteiger partial charge on any atom is -0.322 e. The molecule has 0 spiro atoms. The fourth-order valence-corrected chi connectivity index (χ4v) is 2.53. The van der Waals surface area contributed by atoms with Crippen LogP contribution in [0, 0.1) is 10.1 Å². The highest BCUT2D eigenvalue weighted by atomic mass is 16.6. The molecule has 138 valence electrons. The Labute approximate surface area is 161 Å². The molecule has 0 fully saturated rings. The Hall–Kier alpha value is -4.06. The molecule has 0 bridgehead atoms. The Morgan fingerprint density at radius 2 is 1.57 bits per heavy atom. The summed E-state index contributed by atoms with van der Waals surface area (Å²) in [7, 11) is 0. The zero-order valence-corrected chi connectivity index (χ0v) is 14.7. The van der Waals surface area contributed by atoms with Crippen molar-refractivity contribution in [2.75, 3.05) is 5.32 Å². The molecule has 3 aromatic rings. The van der Waals surface area contributed by atoms with Gasteiger partial charge in [0.1, 0.15) is 0 Å². The third-order valence-electron chi connectivity index (χ3n) is 3.97. The van der Waals surface area contributed by atoms with Crippen LogP contribution in [0.25, 0.3) is 6.08 Å². The van der Waals surface area contributed by atoms with Gasteiger partial charge in [-0.1, -0.05) is 48.5 Å². The number of rotatable bonds is 6. The highest BCUT2D eigenvalue weighted by molar-refractivity contribution is 6.07. The standard InChI is InChI=1S/C22H16N2O4/c25-21(17-6-2-1-3-7-17)14-9-16-5-4-8-19(15-16)23-22(26)18-10-12-20(13-11-18)24(27)28/h1-15H,(H,23,26). The van der Waals surface area contributed by atoms with Crippen molar-refractivity contribution in [1.29, 1.82) is 0 Å². The molecule has 1 amide bonds. The van der Waals surface area contributed by atoms with Crippen molar-refractivity contribution in [2.24, 2.45) is 0 Å². The number of nitro groups is 1. The molecular formula is C22H16N2O4. The zero-order chi connectivity index (χ0) is 19.9. The van der Waals surface area contributed by atoms with Crippen LogP contribution in [-0.2, 0) is 0 Å². The number of carbonyl (C=O) groups excluding carboxylic acids is 2. The van der Waals surface area contributed by atoms with Gasteiger partial charge in [-0.25, -0.2) is 0 Å². The Morgan fingerprint density at radius 3 is 2.25 bits per heavy atom. The maximum atomic E-state index is 12.3. The summed E-state index contributed by atoms with van der Waals surface area (Å²) in [4.78, 5) is 34.6. The summed E-state index contributed by atoms with van der Waals surface area (Å²) in [6, 6.07) is 21.3. The van der Waals surface area contributed by atoms with E-state index in [1.807, 2.05) is 12.1 Å². The van der Waals surface area contributed by atoms with Gasteiger partial charge < -0.3 is 5.32 Å². The van der Waals surface area contributed by atoms with E-state index in [9.17, 15) is 19.7 Å². The van der Waals surface area contributed by atoms with Gasteiger partial charge in [-0.05, 0) is 35.9 Å². The molecule has 0 heterocycles. The second kappa shape index (κ2) is 8.55. The summed E-state index contributed by atoms with van der Waals surface area (Å²) in [5.74, 6) is -0.489. The van der Waals surface area contributed by atoms with Gasteiger partial charge in [0.2, 0.25) is 0 Å². The molecule has 28 heavy (non-hydrogen) atoms. The fourth-order valence-electron chi connectivity index (χ4n) is 2.53. The van der Waals surface area contributed by atoms with Crippen LogP contribution in [0.2, 0.25) is 0 Å². The lowest BCUT2D eigenvalue weighted by atomic mass is 10.1. The molecule has 0 atom stereocenters. The number of ketones is 1. The quantitative estimate of drug-likeness (QED) is 0.293. The van der Waals surface area contributed by atoms with Gasteiger partial charge in [0.05, 0.1) is 4.92 Å². The van der Waals surface area contributed by atoms with E-state index in [0.717, 1.165) is 5.56 Å². The summed E-state index contributed by atoms with van der Waals surface area (Å²) >= 11 is 0. The fraction of sp³-hybridized carbons (Fsp3) is 0. The summed E-state index contributed by atoms with van der Waals surface area (Å²) in [5, 5.41) is 13.4. The lowest BCUT2D eigenvalue weighted by Crippen LogP contribution is -2.11. The number of hydrogen-bond donors (Lipinski definition) is 1. The maximum Gasteiger partial charge on any atom is 0.269 e. The number of carbonyl (C=O) groups is 2. The van der Waals surface area contributed by atoms with Crippen molar-refractivity contribution in [2.45, 2.75) is 0 Å². The molecule has 6 heteroatoms. The molecular weight excluding hydrogens is 356 g/mol. The van der Waals surface area contributed by atoms with Gasteiger partial charge in [0, 0.05) is 28.9 Å². The molecule has 3 rings (SSSR count). The molecule has 0 unspecified atom stereocenters. The summed E-state index contributed by atoms with van der Waals surface area (Å²) in [6.45, 7) is 0. The average molecular weight is 372 g/mol. The average Bonchev–Trinajstić information content (AvgIpc) is 2.73. The van der Waals surface area contributed by atoms with E-state index in [-0.39, 0.29) is 17.4 Å². The maximum absolute atomic E-state index is 12.3. The van der Waals surface area contributed by atoms with E-state index in [1.54, 1.807) is 48.5 Å². The predicted octanol–water partition coefficient (Wildman–Crippen LogP) is 4.74. The topological polar surface area (TPSA) is 89.3 Å². The zero-order valence-electron chi connectivity index (χ0n) is 14.7. The molecule has 0 saturated carbocycles. The van der Waals surface area contributed by atoms with Crippen LogP contribution in [0.4, 0.5) is 11.4 Å². The Bertz CT molecular complexity index is 1040. The van der Waals surface area contributed by atoms with Crippen LogP contribution >= 0.6 is 0 Å². The lowest BCUT2D eigenvalue weighted by molar-refractivity contribution is -0.384. The first-order valence-corrected chi connectivity index (χ1v) is 8.46. The van der Waals surface area contributed by atoms with E-state index >= 15 is 0 Å². The SMILES string of the molecule is O=C(C=Cc1cccc(NC(=O)c2ccc([N+](=O)[O-])cc2)c1)c1ccccc1. The van der Waals surface area contributed by atoms with Gasteiger partial charge in [-0.3, -0.25) is 19.7 Å². The second-order valence-corrected chi connectivity index (χ2v) is 5.95. The molecule has 3 aromatic carbocycles. The highest BCUT2D eigenvalue weighted by Crippen LogP contribution is 2.16. The van der Waals surface area contributed by atoms with E-state index in [1.165, 1.54) is 30.3 Å². The smallest absolute Gasteiger partial charge is 0.269 e. The Balaban J connectivity index is 1.69. The van der Waals surface area contributed by atoms with Crippen molar-refractivity contribution in [3.63, 3.8) is 0 Å². The van der Waals surface area contributed by atoms with Crippen molar-refractivity contribution >= 4 is 29.1 Å². The number of allylic oxidation sites excluding steroid dienone is 1. The number of amides is 1. The monoisotopic (exact) mass is 372 g/mol. The highest BCUT2D eigenvalue weighted by Gasteiger charge is 2.10. The van der Waals surface area contributed by atoms with Gasteiger partial charge in [-0.15, -0.1) is 0 Å². The lowest BCUT2D eigenvalue weighted by Gasteiger charge is -2.06. The third-order valence-corrected chi connectivity index (χ3v) is 3.97. The molecule has 1 N–H and O–H groups in total.